The van der Waals surface area contributed by atoms with Crippen LogP contribution in [0.5, 0.6) is 0 Å². The van der Waals surface area contributed by atoms with E-state index >= 15 is 0 Å². The summed E-state index contributed by atoms with van der Waals surface area (Å²) in [5.41, 5.74) is 10.9. The van der Waals surface area contributed by atoms with Crippen LogP contribution < -0.4 is 11.5 Å². The monoisotopic (exact) mass is 256 g/mol. The summed E-state index contributed by atoms with van der Waals surface area (Å²) >= 11 is 0. The smallest absolute Gasteiger partial charge is 0.220 e. The second-order valence-corrected chi connectivity index (χ2v) is 5.29. The van der Waals surface area contributed by atoms with E-state index in [1.165, 1.54) is 32.1 Å². The number of nitrogens with two attached hydrogens (primary N) is 2. The van der Waals surface area contributed by atoms with Crippen molar-refractivity contribution in [2.24, 2.45) is 17.4 Å². The molecule has 0 radical (unpaired) electrons. The summed E-state index contributed by atoms with van der Waals surface area (Å²) in [4.78, 5) is 11.3. The molecule has 0 saturated carbocycles. The molecule has 0 spiro atoms. The lowest BCUT2D eigenvalue weighted by Gasteiger charge is -2.12. The van der Waals surface area contributed by atoms with Gasteiger partial charge in [-0.15, -0.1) is 0 Å². The minimum absolute atomic E-state index is 0.105. The number of amides is 1. The fraction of sp³-hybridized carbons (Fsp3) is 0.933. The summed E-state index contributed by atoms with van der Waals surface area (Å²) < 4.78 is 0. The molecular weight excluding hydrogens is 224 g/mol. The van der Waals surface area contributed by atoms with Gasteiger partial charge in [-0.3, -0.25) is 4.79 Å². The van der Waals surface area contributed by atoms with Gasteiger partial charge in [0.1, 0.15) is 0 Å². The van der Waals surface area contributed by atoms with E-state index in [0.29, 0.717) is 0 Å². The maximum absolute atomic E-state index is 11.3. The van der Waals surface area contributed by atoms with E-state index in [-0.39, 0.29) is 11.8 Å². The van der Waals surface area contributed by atoms with Crippen LogP contribution in [0, 0.1) is 5.92 Å². The third-order valence-electron chi connectivity index (χ3n) is 3.57. The molecule has 0 bridgehead atoms. The Labute approximate surface area is 113 Å². The topological polar surface area (TPSA) is 69.1 Å². The number of carbonyl (C=O) groups excluding carboxylic acids is 1. The molecule has 1 unspecified atom stereocenters. The molecule has 0 aliphatic heterocycles. The second kappa shape index (κ2) is 12.9. The Balaban J connectivity index is 3.40. The van der Waals surface area contributed by atoms with E-state index in [1.54, 1.807) is 0 Å². The first kappa shape index (κ1) is 17.4. The maximum Gasteiger partial charge on any atom is 0.220 e. The van der Waals surface area contributed by atoms with Gasteiger partial charge in [-0.05, 0) is 25.8 Å². The molecule has 3 nitrogen and oxygen atoms in total. The predicted octanol–water partition coefficient (Wildman–Crippen LogP) is 3.36. The molecule has 0 fully saturated rings. The predicted molar refractivity (Wildman–Crippen MR) is 78.2 cm³/mol. The minimum atomic E-state index is -0.105. The normalized spacial score (nSPS) is 12.6. The van der Waals surface area contributed by atoms with Gasteiger partial charge in [0, 0.05) is 5.92 Å². The van der Waals surface area contributed by atoms with Crippen LogP contribution in [0.2, 0.25) is 0 Å². The van der Waals surface area contributed by atoms with Crippen molar-refractivity contribution < 1.29 is 4.79 Å². The zero-order valence-electron chi connectivity index (χ0n) is 12.1. The van der Waals surface area contributed by atoms with Crippen LogP contribution in [0.4, 0.5) is 0 Å². The van der Waals surface area contributed by atoms with Crippen LogP contribution in [0.1, 0.15) is 77.6 Å². The Hall–Kier alpha value is -0.570. The molecule has 108 valence electrons. The third kappa shape index (κ3) is 10.6. The molecule has 0 heterocycles. The zero-order chi connectivity index (χ0) is 13.6. The highest BCUT2D eigenvalue weighted by atomic mass is 16.1. The van der Waals surface area contributed by atoms with E-state index in [4.69, 9.17) is 11.5 Å². The summed E-state index contributed by atoms with van der Waals surface area (Å²) in [7, 11) is 0. The van der Waals surface area contributed by atoms with Crippen LogP contribution in [0.25, 0.3) is 0 Å². The quantitative estimate of drug-likeness (QED) is 0.496. The van der Waals surface area contributed by atoms with Gasteiger partial charge in [0.15, 0.2) is 0 Å². The number of unbranched alkanes of at least 4 members (excludes halogenated alkanes) is 7. The lowest BCUT2D eigenvalue weighted by molar-refractivity contribution is -0.122. The van der Waals surface area contributed by atoms with E-state index < -0.39 is 0 Å². The van der Waals surface area contributed by atoms with Crippen LogP contribution >= 0.6 is 0 Å². The third-order valence-corrected chi connectivity index (χ3v) is 3.57. The molecule has 0 aliphatic carbocycles. The number of carbonyl (C=O) groups is 1. The maximum atomic E-state index is 11.3. The molecule has 4 N–H and O–H groups in total. The van der Waals surface area contributed by atoms with E-state index in [0.717, 1.165) is 45.1 Å². The number of hydrogen-bond acceptors (Lipinski definition) is 2. The highest BCUT2D eigenvalue weighted by Gasteiger charge is 2.13. The SMILES string of the molecule is CCCCC(CCCCCCCCCN)C(N)=O. The average Bonchev–Trinajstić information content (AvgIpc) is 2.35. The molecular formula is C15H32N2O. The molecule has 0 aromatic heterocycles. The summed E-state index contributed by atoms with van der Waals surface area (Å²) in [6, 6.07) is 0. The Bertz CT molecular complexity index is 195. The van der Waals surface area contributed by atoms with Gasteiger partial charge < -0.3 is 11.5 Å². The molecule has 0 aromatic rings. The standard InChI is InChI=1S/C15H32N2O/c1-2-3-11-14(15(17)18)12-9-7-5-4-6-8-10-13-16/h14H,2-13,16H2,1H3,(H2,17,18). The number of rotatable bonds is 13. The van der Waals surface area contributed by atoms with E-state index in [1.807, 2.05) is 0 Å². The molecule has 1 amide bonds. The molecule has 0 aromatic carbocycles. The van der Waals surface area contributed by atoms with Gasteiger partial charge in [0.2, 0.25) is 5.91 Å². The molecule has 18 heavy (non-hydrogen) atoms. The van der Waals surface area contributed by atoms with Crippen LogP contribution in [-0.2, 0) is 4.79 Å². The highest BCUT2D eigenvalue weighted by molar-refractivity contribution is 5.76. The van der Waals surface area contributed by atoms with Crippen molar-refractivity contribution >= 4 is 5.91 Å². The van der Waals surface area contributed by atoms with Gasteiger partial charge in [-0.1, -0.05) is 58.3 Å². The lowest BCUT2D eigenvalue weighted by atomic mass is 9.94. The van der Waals surface area contributed by atoms with Crippen molar-refractivity contribution in [2.75, 3.05) is 6.54 Å². The lowest BCUT2D eigenvalue weighted by Crippen LogP contribution is -2.23. The van der Waals surface area contributed by atoms with Crippen LogP contribution in [-0.4, -0.2) is 12.5 Å². The van der Waals surface area contributed by atoms with Crippen molar-refractivity contribution in [3.05, 3.63) is 0 Å². The number of primary amides is 1. The van der Waals surface area contributed by atoms with Gasteiger partial charge in [-0.25, -0.2) is 0 Å². The van der Waals surface area contributed by atoms with Gasteiger partial charge in [0.05, 0.1) is 0 Å². The summed E-state index contributed by atoms with van der Waals surface area (Å²) in [6.07, 6.45) is 12.9. The summed E-state index contributed by atoms with van der Waals surface area (Å²) in [5, 5.41) is 0. The molecule has 0 saturated heterocycles. The Morgan fingerprint density at radius 2 is 1.39 bits per heavy atom. The van der Waals surface area contributed by atoms with Crippen LogP contribution in [0.15, 0.2) is 0 Å². The first-order valence-electron chi connectivity index (χ1n) is 7.71. The van der Waals surface area contributed by atoms with E-state index in [9.17, 15) is 4.79 Å². The molecule has 0 aliphatic rings. The summed E-state index contributed by atoms with van der Waals surface area (Å²) in [6.45, 7) is 2.97. The fourth-order valence-corrected chi connectivity index (χ4v) is 2.30. The van der Waals surface area contributed by atoms with Crippen molar-refractivity contribution in [1.82, 2.24) is 0 Å². The van der Waals surface area contributed by atoms with Gasteiger partial charge in [-0.2, -0.15) is 0 Å². The average molecular weight is 256 g/mol. The van der Waals surface area contributed by atoms with Gasteiger partial charge >= 0.3 is 0 Å². The van der Waals surface area contributed by atoms with Crippen molar-refractivity contribution in [1.29, 1.82) is 0 Å². The summed E-state index contributed by atoms with van der Waals surface area (Å²) in [5.74, 6) is 0.00795. The minimum Gasteiger partial charge on any atom is -0.369 e. The largest absolute Gasteiger partial charge is 0.369 e. The van der Waals surface area contributed by atoms with Crippen LogP contribution in [0.3, 0.4) is 0 Å². The zero-order valence-corrected chi connectivity index (χ0v) is 12.1. The van der Waals surface area contributed by atoms with E-state index in [2.05, 4.69) is 6.92 Å². The Morgan fingerprint density at radius 1 is 0.889 bits per heavy atom. The van der Waals surface area contributed by atoms with Crippen molar-refractivity contribution in [2.45, 2.75) is 77.6 Å². The fourth-order valence-electron chi connectivity index (χ4n) is 2.30. The highest BCUT2D eigenvalue weighted by Crippen LogP contribution is 2.17. The first-order chi connectivity index (χ1) is 8.72. The molecule has 3 heteroatoms. The van der Waals surface area contributed by atoms with Crippen molar-refractivity contribution in [3.63, 3.8) is 0 Å². The Morgan fingerprint density at radius 3 is 1.89 bits per heavy atom. The Kier molecular flexibility index (Phi) is 12.5. The van der Waals surface area contributed by atoms with Gasteiger partial charge in [0.25, 0.3) is 0 Å². The number of hydrogen-bond donors (Lipinski definition) is 2. The first-order valence-corrected chi connectivity index (χ1v) is 7.71. The second-order valence-electron chi connectivity index (χ2n) is 5.29. The molecule has 1 atom stereocenters. The molecule has 0 rings (SSSR count). The van der Waals surface area contributed by atoms with Crippen molar-refractivity contribution in [3.8, 4) is 0 Å².